The summed E-state index contributed by atoms with van der Waals surface area (Å²) < 4.78 is 0.965. The van der Waals surface area contributed by atoms with E-state index < -0.39 is 0 Å². The van der Waals surface area contributed by atoms with Crippen molar-refractivity contribution in [2.45, 2.75) is 12.8 Å². The number of nitrogens with one attached hydrogen (secondary N) is 1. The molecule has 1 unspecified atom stereocenters. The predicted molar refractivity (Wildman–Crippen MR) is 90.9 cm³/mol. The molecule has 1 N–H and O–H groups in total. The van der Waals surface area contributed by atoms with Crippen molar-refractivity contribution in [2.24, 2.45) is 0 Å². The molecule has 0 saturated heterocycles. The van der Waals surface area contributed by atoms with Crippen LogP contribution in [0.3, 0.4) is 0 Å². The van der Waals surface area contributed by atoms with Crippen LogP contribution < -0.4 is 0 Å². The smallest absolute Gasteiger partial charge is 0.214 e. The third-order valence-electron chi connectivity index (χ3n) is 3.90. The zero-order chi connectivity index (χ0) is 15.7. The molecular weight excluding hydrogens is 344 g/mol. The molecule has 4 nitrogen and oxygen atoms in total. The van der Waals surface area contributed by atoms with E-state index in [2.05, 4.69) is 20.9 Å². The van der Waals surface area contributed by atoms with Crippen molar-refractivity contribution in [2.75, 3.05) is 6.54 Å². The van der Waals surface area contributed by atoms with Gasteiger partial charge in [0.15, 0.2) is 0 Å². The Morgan fingerprint density at radius 3 is 2.55 bits per heavy atom. The maximum atomic E-state index is 11.2. The van der Waals surface area contributed by atoms with Gasteiger partial charge in [-0.05, 0) is 36.2 Å². The number of para-hydroxylation sites is 1. The van der Waals surface area contributed by atoms with Crippen LogP contribution in [0.25, 0.3) is 10.9 Å². The minimum absolute atomic E-state index is 0.121. The summed E-state index contributed by atoms with van der Waals surface area (Å²) in [7, 11) is 0. The lowest BCUT2D eigenvalue weighted by molar-refractivity contribution is -0.481. The molecule has 0 aliphatic rings. The number of aromatic amines is 1. The Labute approximate surface area is 136 Å². The van der Waals surface area contributed by atoms with Crippen molar-refractivity contribution in [1.29, 1.82) is 0 Å². The van der Waals surface area contributed by atoms with Gasteiger partial charge in [-0.2, -0.15) is 0 Å². The van der Waals surface area contributed by atoms with Gasteiger partial charge in [0.2, 0.25) is 6.54 Å². The molecule has 3 rings (SSSR count). The first kappa shape index (κ1) is 14.8. The van der Waals surface area contributed by atoms with Gasteiger partial charge in [-0.25, -0.2) is 0 Å². The lowest BCUT2D eigenvalue weighted by atomic mass is 9.89. The predicted octanol–water partition coefficient (Wildman–Crippen LogP) is 4.65. The highest BCUT2D eigenvalue weighted by molar-refractivity contribution is 9.10. The van der Waals surface area contributed by atoms with E-state index in [1.165, 1.54) is 0 Å². The Balaban J connectivity index is 2.17. The summed E-state index contributed by atoms with van der Waals surface area (Å²) in [6.07, 6.45) is 0. The number of nitrogens with zero attached hydrogens (tertiary/aromatic N) is 1. The quantitative estimate of drug-likeness (QED) is 0.545. The highest BCUT2D eigenvalue weighted by Crippen LogP contribution is 2.34. The van der Waals surface area contributed by atoms with E-state index in [4.69, 9.17) is 0 Å². The molecule has 0 amide bonds. The van der Waals surface area contributed by atoms with Gasteiger partial charge in [-0.15, -0.1) is 0 Å². The van der Waals surface area contributed by atoms with Crippen LogP contribution in [0, 0.1) is 17.0 Å². The van der Waals surface area contributed by atoms with E-state index in [0.29, 0.717) is 0 Å². The molecule has 0 spiro atoms. The zero-order valence-corrected chi connectivity index (χ0v) is 13.6. The van der Waals surface area contributed by atoms with Crippen LogP contribution in [-0.2, 0) is 0 Å². The molecule has 0 bridgehead atoms. The lowest BCUT2D eigenvalue weighted by Crippen LogP contribution is -2.14. The van der Waals surface area contributed by atoms with E-state index in [9.17, 15) is 10.1 Å². The minimum atomic E-state index is -0.265. The van der Waals surface area contributed by atoms with Crippen LogP contribution in [0.2, 0.25) is 0 Å². The fourth-order valence-electron chi connectivity index (χ4n) is 2.95. The van der Waals surface area contributed by atoms with E-state index in [1.807, 2.05) is 55.5 Å². The molecule has 22 heavy (non-hydrogen) atoms. The Kier molecular flexibility index (Phi) is 3.98. The first-order chi connectivity index (χ1) is 10.6. The molecule has 0 saturated carbocycles. The van der Waals surface area contributed by atoms with Crippen molar-refractivity contribution in [3.05, 3.63) is 79.9 Å². The number of benzene rings is 2. The Bertz CT molecular complexity index is 824. The SMILES string of the molecule is Cc1[nH]c2ccccc2c1C(C[N+](=O)[O-])c1ccc(Br)cc1. The highest BCUT2D eigenvalue weighted by atomic mass is 79.9. The second-order valence-electron chi connectivity index (χ2n) is 5.33. The molecular formula is C17H15BrN2O2. The molecule has 1 heterocycles. The molecule has 0 radical (unpaired) electrons. The fourth-order valence-corrected chi connectivity index (χ4v) is 3.22. The summed E-state index contributed by atoms with van der Waals surface area (Å²) in [6, 6.07) is 15.7. The highest BCUT2D eigenvalue weighted by Gasteiger charge is 2.25. The largest absolute Gasteiger partial charge is 0.358 e. The van der Waals surface area contributed by atoms with Crippen molar-refractivity contribution in [3.63, 3.8) is 0 Å². The molecule has 2 aromatic carbocycles. The molecule has 0 aliphatic carbocycles. The van der Waals surface area contributed by atoms with Crippen LogP contribution >= 0.6 is 15.9 Å². The van der Waals surface area contributed by atoms with Gasteiger partial charge in [0, 0.05) is 26.0 Å². The Hall–Kier alpha value is -2.14. The average molecular weight is 359 g/mol. The molecule has 0 aliphatic heterocycles. The Morgan fingerprint density at radius 1 is 1.18 bits per heavy atom. The first-order valence-electron chi connectivity index (χ1n) is 7.00. The maximum Gasteiger partial charge on any atom is 0.214 e. The van der Waals surface area contributed by atoms with E-state index >= 15 is 0 Å². The van der Waals surface area contributed by atoms with Crippen molar-refractivity contribution in [1.82, 2.24) is 4.98 Å². The topological polar surface area (TPSA) is 58.9 Å². The second kappa shape index (κ2) is 5.93. The monoisotopic (exact) mass is 358 g/mol. The van der Waals surface area contributed by atoms with Crippen molar-refractivity contribution < 1.29 is 4.92 Å². The Morgan fingerprint density at radius 2 is 1.86 bits per heavy atom. The van der Waals surface area contributed by atoms with Crippen LogP contribution in [0.4, 0.5) is 0 Å². The van der Waals surface area contributed by atoms with E-state index in [-0.39, 0.29) is 17.4 Å². The van der Waals surface area contributed by atoms with E-state index in [0.717, 1.165) is 32.2 Å². The second-order valence-corrected chi connectivity index (χ2v) is 6.24. The number of hydrogen-bond acceptors (Lipinski definition) is 2. The number of aryl methyl sites for hydroxylation is 1. The van der Waals surface area contributed by atoms with Crippen LogP contribution in [0.5, 0.6) is 0 Å². The van der Waals surface area contributed by atoms with Crippen molar-refractivity contribution in [3.8, 4) is 0 Å². The molecule has 1 atom stereocenters. The average Bonchev–Trinajstić information content (AvgIpc) is 2.81. The van der Waals surface area contributed by atoms with Gasteiger partial charge < -0.3 is 4.98 Å². The third kappa shape index (κ3) is 2.76. The first-order valence-corrected chi connectivity index (χ1v) is 7.80. The lowest BCUT2D eigenvalue weighted by Gasteiger charge is -2.14. The van der Waals surface area contributed by atoms with Crippen LogP contribution in [-0.4, -0.2) is 16.5 Å². The van der Waals surface area contributed by atoms with Crippen LogP contribution in [0.15, 0.2) is 53.0 Å². The molecule has 3 aromatic rings. The summed E-state index contributed by atoms with van der Waals surface area (Å²) in [5.41, 5.74) is 3.96. The summed E-state index contributed by atoms with van der Waals surface area (Å²) in [5, 5.41) is 12.2. The molecule has 0 fully saturated rings. The van der Waals surface area contributed by atoms with Gasteiger partial charge in [0.25, 0.3) is 0 Å². The number of aromatic nitrogens is 1. The summed E-state index contributed by atoms with van der Waals surface area (Å²) in [6.45, 7) is 1.85. The number of H-pyrrole nitrogens is 1. The maximum absolute atomic E-state index is 11.2. The van der Waals surface area contributed by atoms with E-state index in [1.54, 1.807) is 0 Å². The molecule has 112 valence electrons. The number of rotatable bonds is 4. The number of halogens is 1. The number of nitro groups is 1. The number of hydrogen-bond donors (Lipinski definition) is 1. The summed E-state index contributed by atoms with van der Waals surface area (Å²) >= 11 is 3.41. The van der Waals surface area contributed by atoms with Gasteiger partial charge in [-0.1, -0.05) is 46.3 Å². The fraction of sp³-hybridized carbons (Fsp3) is 0.176. The zero-order valence-electron chi connectivity index (χ0n) is 12.0. The summed E-state index contributed by atoms with van der Waals surface area (Å²) in [5.74, 6) is -0.265. The third-order valence-corrected chi connectivity index (χ3v) is 4.42. The summed E-state index contributed by atoms with van der Waals surface area (Å²) in [4.78, 5) is 14.3. The minimum Gasteiger partial charge on any atom is -0.358 e. The standard InChI is InChI=1S/C17H15BrN2O2/c1-11-17(14-4-2-3-5-16(14)19-11)15(10-20(21)22)12-6-8-13(18)9-7-12/h2-9,15,19H,10H2,1H3. The van der Waals surface area contributed by atoms with Gasteiger partial charge >= 0.3 is 0 Å². The van der Waals surface area contributed by atoms with Crippen LogP contribution in [0.1, 0.15) is 22.7 Å². The van der Waals surface area contributed by atoms with Gasteiger partial charge in [0.05, 0.1) is 5.92 Å². The molecule has 1 aromatic heterocycles. The normalized spacial score (nSPS) is 12.5. The van der Waals surface area contributed by atoms with Crippen molar-refractivity contribution >= 4 is 26.8 Å². The molecule has 5 heteroatoms. The van der Waals surface area contributed by atoms with Gasteiger partial charge in [-0.3, -0.25) is 10.1 Å². The number of fused-ring (bicyclic) bond motifs is 1. The van der Waals surface area contributed by atoms with Gasteiger partial charge in [0.1, 0.15) is 0 Å².